The van der Waals surface area contributed by atoms with Gasteiger partial charge in [-0.25, -0.2) is 0 Å². The molecule has 2 fully saturated rings. The van der Waals surface area contributed by atoms with Gasteiger partial charge in [0.15, 0.2) is 11.5 Å². The number of piperazine rings is 1. The summed E-state index contributed by atoms with van der Waals surface area (Å²) in [6, 6.07) is 12.0. The predicted molar refractivity (Wildman–Crippen MR) is 128 cm³/mol. The molecule has 8 heteroatoms. The Morgan fingerprint density at radius 3 is 2.53 bits per heavy atom. The molecule has 182 valence electrons. The first kappa shape index (κ1) is 22.8. The van der Waals surface area contributed by atoms with Gasteiger partial charge in [-0.2, -0.15) is 0 Å². The zero-order chi connectivity index (χ0) is 23.5. The number of methoxy groups -OCH3 is 2. The van der Waals surface area contributed by atoms with Gasteiger partial charge in [0.2, 0.25) is 12.7 Å². The molecule has 2 aromatic carbocycles. The van der Waals surface area contributed by atoms with E-state index in [1.807, 2.05) is 29.2 Å². The summed E-state index contributed by atoms with van der Waals surface area (Å²) >= 11 is 0. The van der Waals surface area contributed by atoms with Gasteiger partial charge < -0.3 is 23.8 Å². The van der Waals surface area contributed by atoms with Crippen molar-refractivity contribution < 1.29 is 23.7 Å². The number of ether oxygens (including phenoxy) is 4. The van der Waals surface area contributed by atoms with E-state index >= 15 is 0 Å². The number of hydrogen-bond donors (Lipinski definition) is 0. The van der Waals surface area contributed by atoms with Crippen molar-refractivity contribution in [2.75, 3.05) is 60.3 Å². The average Bonchev–Trinajstić information content (AvgIpc) is 3.54. The number of amides is 1. The van der Waals surface area contributed by atoms with Crippen molar-refractivity contribution in [1.29, 1.82) is 0 Å². The first-order chi connectivity index (χ1) is 16.6. The van der Waals surface area contributed by atoms with Crippen LogP contribution in [0.2, 0.25) is 0 Å². The van der Waals surface area contributed by atoms with Crippen LogP contribution in [0.5, 0.6) is 23.0 Å². The zero-order valence-corrected chi connectivity index (χ0v) is 20.0. The van der Waals surface area contributed by atoms with E-state index in [0.717, 1.165) is 80.7 Å². The quantitative estimate of drug-likeness (QED) is 0.621. The number of benzene rings is 2. The normalized spacial score (nSPS) is 20.5. The Morgan fingerprint density at radius 2 is 1.74 bits per heavy atom. The van der Waals surface area contributed by atoms with Crippen LogP contribution in [0.25, 0.3) is 0 Å². The number of nitrogens with zero attached hydrogens (tertiary/aromatic N) is 3. The Kier molecular flexibility index (Phi) is 6.78. The van der Waals surface area contributed by atoms with E-state index in [0.29, 0.717) is 13.3 Å². The van der Waals surface area contributed by atoms with E-state index < -0.39 is 0 Å². The van der Waals surface area contributed by atoms with Gasteiger partial charge in [0.05, 0.1) is 26.8 Å². The summed E-state index contributed by atoms with van der Waals surface area (Å²) < 4.78 is 21.9. The lowest BCUT2D eigenvalue weighted by molar-refractivity contribution is -0.133. The van der Waals surface area contributed by atoms with Crippen molar-refractivity contribution in [3.05, 3.63) is 47.5 Å². The maximum atomic E-state index is 13.3. The molecule has 0 N–H and O–H groups in total. The van der Waals surface area contributed by atoms with Crippen LogP contribution in [-0.2, 0) is 11.3 Å². The standard InChI is InChI=1S/C26H33N3O5/c1-31-20-6-8-23(32-2)21(15-20)22-4-3-9-29(22)26(30)17-28-12-10-27(11-13-28)16-19-5-7-24-25(14-19)34-18-33-24/h5-8,14-15,22H,3-4,9-13,16-18H2,1-2H3/t22-/m1/s1. The fourth-order valence-corrected chi connectivity index (χ4v) is 5.17. The molecular weight excluding hydrogens is 434 g/mol. The van der Waals surface area contributed by atoms with E-state index in [4.69, 9.17) is 18.9 Å². The minimum Gasteiger partial charge on any atom is -0.497 e. The van der Waals surface area contributed by atoms with Crippen LogP contribution in [0.3, 0.4) is 0 Å². The highest BCUT2D eigenvalue weighted by Gasteiger charge is 2.33. The third-order valence-electron chi connectivity index (χ3n) is 7.04. The molecule has 8 nitrogen and oxygen atoms in total. The summed E-state index contributed by atoms with van der Waals surface area (Å²) in [5, 5.41) is 0. The molecule has 0 aromatic heterocycles. The van der Waals surface area contributed by atoms with Crippen molar-refractivity contribution in [2.45, 2.75) is 25.4 Å². The molecule has 0 bridgehead atoms. The molecule has 3 heterocycles. The second-order valence-corrected chi connectivity index (χ2v) is 9.09. The number of hydrogen-bond acceptors (Lipinski definition) is 7. The monoisotopic (exact) mass is 467 g/mol. The van der Waals surface area contributed by atoms with Crippen LogP contribution in [0.4, 0.5) is 0 Å². The van der Waals surface area contributed by atoms with Gasteiger partial charge >= 0.3 is 0 Å². The summed E-state index contributed by atoms with van der Waals surface area (Å²) in [6.45, 7) is 6.07. The van der Waals surface area contributed by atoms with E-state index in [1.165, 1.54) is 5.56 Å². The second-order valence-electron chi connectivity index (χ2n) is 9.09. The van der Waals surface area contributed by atoms with E-state index in [9.17, 15) is 4.79 Å². The van der Waals surface area contributed by atoms with Gasteiger partial charge in [0.1, 0.15) is 11.5 Å². The van der Waals surface area contributed by atoms with Crippen LogP contribution < -0.4 is 18.9 Å². The molecule has 0 spiro atoms. The molecule has 1 atom stereocenters. The number of carbonyl (C=O) groups is 1. The van der Waals surface area contributed by atoms with Crippen LogP contribution in [0, 0.1) is 0 Å². The van der Waals surface area contributed by atoms with Crippen LogP contribution >= 0.6 is 0 Å². The van der Waals surface area contributed by atoms with Crippen LogP contribution in [0.15, 0.2) is 36.4 Å². The predicted octanol–water partition coefficient (Wildman–Crippen LogP) is 2.91. The Hall–Kier alpha value is -2.97. The number of likely N-dealkylation sites (tertiary alicyclic amines) is 1. The molecule has 0 saturated carbocycles. The van der Waals surface area contributed by atoms with Crippen molar-refractivity contribution >= 4 is 5.91 Å². The molecule has 0 aliphatic carbocycles. The van der Waals surface area contributed by atoms with Crippen molar-refractivity contribution in [1.82, 2.24) is 14.7 Å². The molecule has 0 unspecified atom stereocenters. The average molecular weight is 468 g/mol. The topological polar surface area (TPSA) is 63.7 Å². The first-order valence-electron chi connectivity index (χ1n) is 12.0. The van der Waals surface area contributed by atoms with Crippen LogP contribution in [-0.4, -0.2) is 80.9 Å². The van der Waals surface area contributed by atoms with Gasteiger partial charge in [0.25, 0.3) is 0 Å². The second kappa shape index (κ2) is 10.1. The lowest BCUT2D eigenvalue weighted by atomic mass is 10.0. The molecular formula is C26H33N3O5. The third-order valence-corrected chi connectivity index (χ3v) is 7.04. The number of rotatable bonds is 7. The number of fused-ring (bicyclic) bond motifs is 1. The Morgan fingerprint density at radius 1 is 0.941 bits per heavy atom. The minimum absolute atomic E-state index is 0.0323. The highest BCUT2D eigenvalue weighted by atomic mass is 16.7. The van der Waals surface area contributed by atoms with Gasteiger partial charge in [-0.05, 0) is 48.7 Å². The van der Waals surface area contributed by atoms with E-state index in [-0.39, 0.29) is 11.9 Å². The number of carbonyl (C=O) groups excluding carboxylic acids is 1. The molecule has 1 amide bonds. The fraction of sp³-hybridized carbons (Fsp3) is 0.500. The molecule has 5 rings (SSSR count). The summed E-state index contributed by atoms with van der Waals surface area (Å²) in [5.41, 5.74) is 2.25. The molecule has 3 aliphatic heterocycles. The van der Waals surface area contributed by atoms with Gasteiger partial charge in [-0.15, -0.1) is 0 Å². The highest BCUT2D eigenvalue weighted by molar-refractivity contribution is 5.79. The van der Waals surface area contributed by atoms with E-state index in [2.05, 4.69) is 21.9 Å². The molecule has 3 aliphatic rings. The summed E-state index contributed by atoms with van der Waals surface area (Å²) in [4.78, 5) is 20.0. The van der Waals surface area contributed by atoms with Gasteiger partial charge in [0, 0.05) is 44.8 Å². The van der Waals surface area contributed by atoms with Gasteiger partial charge in [-0.1, -0.05) is 6.07 Å². The summed E-state index contributed by atoms with van der Waals surface area (Å²) in [7, 11) is 3.34. The third kappa shape index (κ3) is 4.79. The maximum Gasteiger partial charge on any atom is 0.237 e. The summed E-state index contributed by atoms with van der Waals surface area (Å²) in [6.07, 6.45) is 1.94. The van der Waals surface area contributed by atoms with Gasteiger partial charge in [-0.3, -0.25) is 14.6 Å². The van der Waals surface area contributed by atoms with Crippen molar-refractivity contribution in [2.24, 2.45) is 0 Å². The molecule has 34 heavy (non-hydrogen) atoms. The van der Waals surface area contributed by atoms with Crippen LogP contribution in [0.1, 0.15) is 30.0 Å². The maximum absolute atomic E-state index is 13.3. The Labute approximate surface area is 200 Å². The smallest absolute Gasteiger partial charge is 0.237 e. The fourth-order valence-electron chi connectivity index (χ4n) is 5.17. The lowest BCUT2D eigenvalue weighted by Gasteiger charge is -2.36. The largest absolute Gasteiger partial charge is 0.497 e. The molecule has 0 radical (unpaired) electrons. The highest BCUT2D eigenvalue weighted by Crippen LogP contribution is 2.39. The molecule has 2 aromatic rings. The first-order valence-corrected chi connectivity index (χ1v) is 12.0. The zero-order valence-electron chi connectivity index (χ0n) is 20.0. The van der Waals surface area contributed by atoms with Crippen molar-refractivity contribution in [3.8, 4) is 23.0 Å². The molecule has 2 saturated heterocycles. The van der Waals surface area contributed by atoms with Crippen molar-refractivity contribution in [3.63, 3.8) is 0 Å². The minimum atomic E-state index is 0.0323. The Balaban J connectivity index is 1.16. The Bertz CT molecular complexity index is 1020. The summed E-state index contributed by atoms with van der Waals surface area (Å²) in [5.74, 6) is 3.43. The SMILES string of the molecule is COc1ccc(OC)c([C@H]2CCCN2C(=O)CN2CCN(Cc3ccc4c(c3)OCO4)CC2)c1. The lowest BCUT2D eigenvalue weighted by Crippen LogP contribution is -2.49. The van der Waals surface area contributed by atoms with E-state index in [1.54, 1.807) is 14.2 Å².